The molecule has 2 aromatic rings. The minimum absolute atomic E-state index is 0.103. The summed E-state index contributed by atoms with van der Waals surface area (Å²) in [5.74, 6) is 0.782. The predicted octanol–water partition coefficient (Wildman–Crippen LogP) is -0.129. The van der Waals surface area contributed by atoms with Crippen LogP contribution in [0, 0.1) is 10.1 Å². The van der Waals surface area contributed by atoms with Gasteiger partial charge in [0.25, 0.3) is 0 Å². The molecular formula is C7H9N7O2S. The van der Waals surface area contributed by atoms with Crippen LogP contribution in [0.15, 0.2) is 6.20 Å². The number of hydrogen-bond donors (Lipinski definition) is 1. The van der Waals surface area contributed by atoms with Gasteiger partial charge in [0.1, 0.15) is 11.4 Å². The summed E-state index contributed by atoms with van der Waals surface area (Å²) in [5, 5.41) is 21.1. The third-order valence-corrected chi connectivity index (χ3v) is 2.79. The van der Waals surface area contributed by atoms with Crippen molar-refractivity contribution in [3.63, 3.8) is 0 Å². The van der Waals surface area contributed by atoms with Crippen LogP contribution < -0.4 is 0 Å². The molecule has 0 saturated carbocycles. The molecule has 90 valence electrons. The molecule has 0 aliphatic heterocycles. The van der Waals surface area contributed by atoms with E-state index in [2.05, 4.69) is 33.1 Å². The Hall–Kier alpha value is -1.97. The highest BCUT2D eigenvalue weighted by molar-refractivity contribution is 7.80. The number of nitrogens with zero attached hydrogens (tertiary/aromatic N) is 7. The van der Waals surface area contributed by atoms with Gasteiger partial charge in [0.2, 0.25) is 5.82 Å². The van der Waals surface area contributed by atoms with E-state index in [1.165, 1.54) is 15.4 Å². The fraction of sp³-hybridized carbons (Fsp3) is 0.429. The predicted molar refractivity (Wildman–Crippen MR) is 59.5 cm³/mol. The van der Waals surface area contributed by atoms with E-state index in [0.29, 0.717) is 11.6 Å². The van der Waals surface area contributed by atoms with Crippen molar-refractivity contribution in [1.29, 1.82) is 0 Å². The Morgan fingerprint density at radius 1 is 1.47 bits per heavy atom. The first kappa shape index (κ1) is 11.5. The molecule has 0 radical (unpaired) electrons. The van der Waals surface area contributed by atoms with E-state index in [-0.39, 0.29) is 5.82 Å². The smallest absolute Gasteiger partial charge is 0.342 e. The molecule has 10 heteroatoms. The van der Waals surface area contributed by atoms with E-state index in [1.807, 2.05) is 0 Å². The van der Waals surface area contributed by atoms with Crippen LogP contribution in [0.5, 0.6) is 0 Å². The molecule has 0 spiro atoms. The van der Waals surface area contributed by atoms with Crippen LogP contribution in [0.3, 0.4) is 0 Å². The van der Waals surface area contributed by atoms with Gasteiger partial charge in [0.05, 0.1) is 7.05 Å². The highest BCUT2D eigenvalue weighted by Crippen LogP contribution is 2.26. The maximum Gasteiger partial charge on any atom is 0.342 e. The van der Waals surface area contributed by atoms with Gasteiger partial charge in [-0.05, 0) is 15.4 Å². The van der Waals surface area contributed by atoms with E-state index < -0.39 is 10.2 Å². The van der Waals surface area contributed by atoms with Gasteiger partial charge in [0, 0.05) is 7.05 Å². The number of thiol groups is 1. The van der Waals surface area contributed by atoms with Crippen molar-refractivity contribution in [3.8, 4) is 0 Å². The molecular weight excluding hydrogens is 246 g/mol. The molecule has 2 aromatic heterocycles. The first-order valence-corrected chi connectivity index (χ1v) is 5.10. The lowest BCUT2D eigenvalue weighted by Crippen LogP contribution is -2.09. The van der Waals surface area contributed by atoms with Crippen LogP contribution in [0.2, 0.25) is 0 Å². The summed E-state index contributed by atoms with van der Waals surface area (Å²) < 4.78 is 2.80. The van der Waals surface area contributed by atoms with Crippen LogP contribution in [-0.2, 0) is 14.1 Å². The van der Waals surface area contributed by atoms with E-state index in [0.717, 1.165) is 0 Å². The molecule has 1 unspecified atom stereocenters. The summed E-state index contributed by atoms with van der Waals surface area (Å²) in [7, 11) is 3.21. The minimum Gasteiger partial charge on any atom is -0.358 e. The zero-order valence-electron chi connectivity index (χ0n) is 9.05. The summed E-state index contributed by atoms with van der Waals surface area (Å²) >= 11 is 4.33. The molecule has 1 atom stereocenters. The van der Waals surface area contributed by atoms with E-state index in [9.17, 15) is 10.1 Å². The zero-order valence-corrected chi connectivity index (χ0v) is 9.94. The second-order valence-corrected chi connectivity index (χ2v) is 3.87. The van der Waals surface area contributed by atoms with Crippen LogP contribution >= 0.6 is 12.6 Å². The van der Waals surface area contributed by atoms with Gasteiger partial charge < -0.3 is 10.1 Å². The summed E-state index contributed by atoms with van der Waals surface area (Å²) in [6.45, 7) is 0. The Kier molecular flexibility index (Phi) is 2.79. The van der Waals surface area contributed by atoms with Crippen LogP contribution in [0.25, 0.3) is 0 Å². The van der Waals surface area contributed by atoms with Gasteiger partial charge in [-0.3, -0.25) is 0 Å². The molecule has 0 amide bonds. The van der Waals surface area contributed by atoms with Gasteiger partial charge >= 0.3 is 5.82 Å². The standard InChI is InChI=1S/C7H9N7O2S/c1-12-4(14(15)16)3-8-6(12)5(17)7-9-10-11-13(7)2/h3,5,17H,1-2H3. The van der Waals surface area contributed by atoms with Crippen molar-refractivity contribution in [2.45, 2.75) is 5.25 Å². The summed E-state index contributed by atoms with van der Waals surface area (Å²) in [4.78, 5) is 14.1. The van der Waals surface area contributed by atoms with Crippen molar-refractivity contribution in [2.75, 3.05) is 0 Å². The molecule has 0 aliphatic rings. The normalized spacial score (nSPS) is 12.6. The Balaban J connectivity index is 2.42. The van der Waals surface area contributed by atoms with Crippen molar-refractivity contribution >= 4 is 18.4 Å². The van der Waals surface area contributed by atoms with Gasteiger partial charge in [-0.25, -0.2) is 14.2 Å². The second kappa shape index (κ2) is 4.13. The number of nitro groups is 1. The molecule has 0 saturated heterocycles. The summed E-state index contributed by atoms with van der Waals surface area (Å²) in [5.41, 5.74) is 0. The lowest BCUT2D eigenvalue weighted by molar-refractivity contribution is -0.391. The van der Waals surface area contributed by atoms with Crippen LogP contribution in [0.4, 0.5) is 5.82 Å². The van der Waals surface area contributed by atoms with Crippen LogP contribution in [0.1, 0.15) is 16.9 Å². The van der Waals surface area contributed by atoms with Crippen LogP contribution in [-0.4, -0.2) is 34.7 Å². The second-order valence-electron chi connectivity index (χ2n) is 3.35. The average molecular weight is 255 g/mol. The molecule has 9 nitrogen and oxygen atoms in total. The van der Waals surface area contributed by atoms with Gasteiger partial charge in [0.15, 0.2) is 5.82 Å². The zero-order chi connectivity index (χ0) is 12.6. The number of rotatable bonds is 3. The first-order chi connectivity index (χ1) is 8.02. The molecule has 17 heavy (non-hydrogen) atoms. The molecule has 2 heterocycles. The van der Waals surface area contributed by atoms with Crippen molar-refractivity contribution < 1.29 is 4.92 Å². The Bertz CT molecular complexity index is 562. The highest BCUT2D eigenvalue weighted by atomic mass is 32.1. The molecule has 0 aromatic carbocycles. The summed E-state index contributed by atoms with van der Waals surface area (Å²) in [6.07, 6.45) is 1.18. The fourth-order valence-corrected chi connectivity index (χ4v) is 1.88. The Morgan fingerprint density at radius 3 is 2.65 bits per heavy atom. The molecule has 2 rings (SSSR count). The molecule has 0 aliphatic carbocycles. The van der Waals surface area contributed by atoms with Gasteiger partial charge in [-0.2, -0.15) is 12.6 Å². The Labute approximate surface area is 101 Å². The average Bonchev–Trinajstić information content (AvgIpc) is 2.83. The van der Waals surface area contributed by atoms with Crippen molar-refractivity contribution in [2.24, 2.45) is 14.1 Å². The molecule has 0 bridgehead atoms. The maximum absolute atomic E-state index is 10.7. The Morgan fingerprint density at radius 2 is 2.18 bits per heavy atom. The molecule has 0 fully saturated rings. The third-order valence-electron chi connectivity index (χ3n) is 2.33. The van der Waals surface area contributed by atoms with E-state index in [4.69, 9.17) is 0 Å². The maximum atomic E-state index is 10.7. The number of aryl methyl sites for hydroxylation is 1. The summed E-state index contributed by atoms with van der Waals surface area (Å²) in [6, 6.07) is 0. The largest absolute Gasteiger partial charge is 0.358 e. The SMILES string of the molecule is Cn1nnnc1C(S)c1ncc([N+](=O)[O-])n1C. The minimum atomic E-state index is -0.520. The highest BCUT2D eigenvalue weighted by Gasteiger charge is 2.26. The van der Waals surface area contributed by atoms with E-state index >= 15 is 0 Å². The third kappa shape index (κ3) is 1.86. The number of aromatic nitrogens is 6. The van der Waals surface area contributed by atoms with E-state index in [1.54, 1.807) is 14.1 Å². The lowest BCUT2D eigenvalue weighted by atomic mass is 10.3. The van der Waals surface area contributed by atoms with Crippen molar-refractivity contribution in [1.82, 2.24) is 29.8 Å². The van der Waals surface area contributed by atoms with Gasteiger partial charge in [-0.15, -0.1) is 5.10 Å². The van der Waals surface area contributed by atoms with Crippen molar-refractivity contribution in [3.05, 3.63) is 28.0 Å². The number of hydrogen-bond acceptors (Lipinski definition) is 7. The monoisotopic (exact) mass is 255 g/mol. The lowest BCUT2D eigenvalue weighted by Gasteiger charge is -2.05. The quantitative estimate of drug-likeness (QED) is 0.465. The van der Waals surface area contributed by atoms with Gasteiger partial charge in [-0.1, -0.05) is 0 Å². The molecule has 0 N–H and O–H groups in total. The fourth-order valence-electron chi connectivity index (χ4n) is 1.42. The number of tetrazole rings is 1. The topological polar surface area (TPSA) is 105 Å². The first-order valence-electron chi connectivity index (χ1n) is 4.58. The number of imidazole rings is 1.